The Labute approximate surface area is 155 Å². The zero-order valence-corrected chi connectivity index (χ0v) is 14.7. The summed E-state index contributed by atoms with van der Waals surface area (Å²) >= 11 is 0. The van der Waals surface area contributed by atoms with Crippen LogP contribution < -0.4 is 5.32 Å². The van der Waals surface area contributed by atoms with Gasteiger partial charge in [0.15, 0.2) is 5.69 Å². The molecule has 2 aromatic carbocycles. The molecule has 0 amide bonds. The minimum absolute atomic E-state index is 0.144. The topological polar surface area (TPSA) is 125 Å². The van der Waals surface area contributed by atoms with Gasteiger partial charge in [-0.2, -0.15) is 0 Å². The van der Waals surface area contributed by atoms with E-state index in [0.717, 1.165) is 24.1 Å². The van der Waals surface area contributed by atoms with Crippen LogP contribution in [0.15, 0.2) is 42.5 Å². The number of nitrogens with zero attached hydrogens (tertiary/aromatic N) is 2. The molecule has 0 radical (unpaired) electrons. The van der Waals surface area contributed by atoms with Crippen molar-refractivity contribution in [1.29, 1.82) is 0 Å². The second kappa shape index (κ2) is 9.27. The maximum absolute atomic E-state index is 12.1. The minimum Gasteiger partial charge on any atom is -0.462 e. The summed E-state index contributed by atoms with van der Waals surface area (Å²) in [5.74, 6) is -0.829. The Hall–Kier alpha value is -3.49. The summed E-state index contributed by atoms with van der Waals surface area (Å²) in [4.78, 5) is 33.4. The number of rotatable bonds is 9. The number of esters is 1. The largest absolute Gasteiger partial charge is 0.462 e. The van der Waals surface area contributed by atoms with Crippen molar-refractivity contribution in [2.75, 3.05) is 11.9 Å². The van der Waals surface area contributed by atoms with Crippen LogP contribution in [0.1, 0.15) is 35.7 Å². The van der Waals surface area contributed by atoms with E-state index < -0.39 is 27.2 Å². The molecule has 0 saturated heterocycles. The number of ether oxygens (including phenoxy) is 1. The number of carbonyl (C=O) groups excluding carboxylic acids is 1. The average Bonchev–Trinajstić information content (AvgIpc) is 2.66. The highest BCUT2D eigenvalue weighted by Gasteiger charge is 2.29. The average molecular weight is 373 g/mol. The molecule has 0 aliphatic heterocycles. The first kappa shape index (κ1) is 19.8. The van der Waals surface area contributed by atoms with E-state index >= 15 is 0 Å². The highest BCUT2D eigenvalue weighted by Crippen LogP contribution is 2.36. The first-order valence-electron chi connectivity index (χ1n) is 8.35. The highest BCUT2D eigenvalue weighted by molar-refractivity contribution is 5.93. The van der Waals surface area contributed by atoms with E-state index in [0.29, 0.717) is 6.42 Å². The van der Waals surface area contributed by atoms with Gasteiger partial charge in [-0.3, -0.25) is 20.2 Å². The van der Waals surface area contributed by atoms with Gasteiger partial charge in [-0.25, -0.2) is 4.79 Å². The number of unbranched alkanes of at least 4 members (excludes halogenated alkanes) is 1. The van der Waals surface area contributed by atoms with Crippen molar-refractivity contribution in [1.82, 2.24) is 0 Å². The number of benzene rings is 2. The zero-order chi connectivity index (χ0) is 19.8. The Morgan fingerprint density at radius 2 is 1.67 bits per heavy atom. The number of hydrogen-bond acceptors (Lipinski definition) is 7. The normalized spacial score (nSPS) is 10.3. The van der Waals surface area contributed by atoms with Crippen LogP contribution in [0, 0.1) is 20.2 Å². The van der Waals surface area contributed by atoms with Crippen LogP contribution in [0.3, 0.4) is 0 Å². The number of carbonyl (C=O) groups is 1. The van der Waals surface area contributed by atoms with Crippen molar-refractivity contribution in [3.05, 3.63) is 73.8 Å². The van der Waals surface area contributed by atoms with E-state index in [2.05, 4.69) is 5.32 Å². The van der Waals surface area contributed by atoms with Crippen LogP contribution in [-0.2, 0) is 11.3 Å². The molecule has 0 heterocycles. The van der Waals surface area contributed by atoms with E-state index in [1.807, 2.05) is 13.0 Å². The molecule has 0 aromatic heterocycles. The first-order chi connectivity index (χ1) is 12.9. The van der Waals surface area contributed by atoms with Gasteiger partial charge in [0.05, 0.1) is 22.0 Å². The molecule has 2 rings (SSSR count). The molecule has 0 fully saturated rings. The molecule has 9 nitrogen and oxygen atoms in total. The van der Waals surface area contributed by atoms with Crippen LogP contribution in [0.4, 0.5) is 17.1 Å². The van der Waals surface area contributed by atoms with Crippen LogP contribution in [0.25, 0.3) is 0 Å². The summed E-state index contributed by atoms with van der Waals surface area (Å²) in [5.41, 5.74) is -0.789. The molecule has 9 heteroatoms. The summed E-state index contributed by atoms with van der Waals surface area (Å²) in [6.07, 6.45) is 1.43. The monoisotopic (exact) mass is 373 g/mol. The van der Waals surface area contributed by atoms with Crippen LogP contribution in [0.2, 0.25) is 0 Å². The van der Waals surface area contributed by atoms with Gasteiger partial charge in [0.2, 0.25) is 0 Å². The third-order valence-electron chi connectivity index (χ3n) is 3.77. The molecule has 0 atom stereocenters. The molecule has 0 aliphatic carbocycles. The lowest BCUT2D eigenvalue weighted by Gasteiger charge is -2.10. The van der Waals surface area contributed by atoms with Crippen LogP contribution >= 0.6 is 0 Å². The molecule has 0 unspecified atom stereocenters. The predicted octanol–water partition coefficient (Wildman–Crippen LogP) is 4.07. The van der Waals surface area contributed by atoms with Gasteiger partial charge in [0.25, 0.3) is 11.4 Å². The van der Waals surface area contributed by atoms with Gasteiger partial charge < -0.3 is 10.1 Å². The summed E-state index contributed by atoms with van der Waals surface area (Å²) in [5, 5.41) is 25.6. The van der Waals surface area contributed by atoms with E-state index in [1.165, 1.54) is 0 Å². The van der Waals surface area contributed by atoms with Gasteiger partial charge in [0.1, 0.15) is 0 Å². The molecule has 27 heavy (non-hydrogen) atoms. The lowest BCUT2D eigenvalue weighted by atomic mass is 10.1. The number of hydrogen-bond donors (Lipinski definition) is 1. The molecule has 1 N–H and O–H groups in total. The highest BCUT2D eigenvalue weighted by atomic mass is 16.6. The Morgan fingerprint density at radius 3 is 2.19 bits per heavy atom. The van der Waals surface area contributed by atoms with E-state index in [4.69, 9.17) is 4.74 Å². The molecule has 0 saturated carbocycles. The second-order valence-electron chi connectivity index (χ2n) is 5.73. The van der Waals surface area contributed by atoms with Gasteiger partial charge in [-0.1, -0.05) is 43.7 Å². The second-order valence-corrected chi connectivity index (χ2v) is 5.73. The van der Waals surface area contributed by atoms with E-state index in [-0.39, 0.29) is 24.4 Å². The summed E-state index contributed by atoms with van der Waals surface area (Å²) < 4.78 is 5.00. The fourth-order valence-corrected chi connectivity index (χ4v) is 2.38. The molecule has 0 bridgehead atoms. The summed E-state index contributed by atoms with van der Waals surface area (Å²) in [7, 11) is 0. The fourth-order valence-electron chi connectivity index (χ4n) is 2.38. The number of anilines is 1. The summed E-state index contributed by atoms with van der Waals surface area (Å²) in [6, 6.07) is 10.9. The third kappa shape index (κ3) is 5.24. The van der Waals surface area contributed by atoms with Crippen molar-refractivity contribution in [3.63, 3.8) is 0 Å². The molecular formula is C18H19N3O6. The Kier molecular flexibility index (Phi) is 6.81. The predicted molar refractivity (Wildman–Crippen MR) is 98.7 cm³/mol. The molecule has 142 valence electrons. The van der Waals surface area contributed by atoms with Gasteiger partial charge in [0, 0.05) is 18.7 Å². The third-order valence-corrected chi connectivity index (χ3v) is 3.77. The van der Waals surface area contributed by atoms with Crippen molar-refractivity contribution >= 4 is 23.0 Å². The molecule has 0 spiro atoms. The Morgan fingerprint density at radius 1 is 1.07 bits per heavy atom. The molecular weight excluding hydrogens is 354 g/mol. The quantitative estimate of drug-likeness (QED) is 0.304. The molecule has 2 aromatic rings. The lowest BCUT2D eigenvalue weighted by Crippen LogP contribution is -2.11. The van der Waals surface area contributed by atoms with E-state index in [9.17, 15) is 25.0 Å². The van der Waals surface area contributed by atoms with Crippen molar-refractivity contribution in [3.8, 4) is 0 Å². The smallest absolute Gasteiger partial charge is 0.338 e. The maximum atomic E-state index is 12.1. The maximum Gasteiger partial charge on any atom is 0.338 e. The summed E-state index contributed by atoms with van der Waals surface area (Å²) in [6.45, 7) is 2.21. The first-order valence-corrected chi connectivity index (χ1v) is 8.35. The number of nitro benzene ring substituents is 2. The SMILES string of the molecule is CCCCOC(=O)c1cc([N+](=O)[O-])c(NCc2ccccc2)c([N+](=O)[O-])c1. The van der Waals surface area contributed by atoms with Crippen LogP contribution in [0.5, 0.6) is 0 Å². The van der Waals surface area contributed by atoms with Crippen molar-refractivity contribution < 1.29 is 19.4 Å². The van der Waals surface area contributed by atoms with Gasteiger partial charge in [-0.15, -0.1) is 0 Å². The number of nitro groups is 2. The van der Waals surface area contributed by atoms with Crippen molar-refractivity contribution in [2.45, 2.75) is 26.3 Å². The standard InChI is InChI=1S/C18H19N3O6/c1-2-3-9-27-18(22)14-10-15(20(23)24)17(16(11-14)21(25)26)19-12-13-7-5-4-6-8-13/h4-8,10-11,19H,2-3,9,12H2,1H3. The number of nitrogens with one attached hydrogen (secondary N) is 1. The molecule has 0 aliphatic rings. The van der Waals surface area contributed by atoms with Gasteiger partial charge >= 0.3 is 5.97 Å². The zero-order valence-electron chi connectivity index (χ0n) is 14.7. The fraction of sp³-hybridized carbons (Fsp3) is 0.278. The minimum atomic E-state index is -0.829. The van der Waals surface area contributed by atoms with Gasteiger partial charge in [-0.05, 0) is 12.0 Å². The Bertz CT molecular complexity index is 803. The Balaban J connectivity index is 2.37. The van der Waals surface area contributed by atoms with Crippen LogP contribution in [-0.4, -0.2) is 22.4 Å². The van der Waals surface area contributed by atoms with E-state index in [1.54, 1.807) is 24.3 Å². The van der Waals surface area contributed by atoms with Crippen molar-refractivity contribution in [2.24, 2.45) is 0 Å². The lowest BCUT2D eigenvalue weighted by molar-refractivity contribution is -0.392.